The van der Waals surface area contributed by atoms with Gasteiger partial charge in [-0.2, -0.15) is 0 Å². The van der Waals surface area contributed by atoms with Crippen LogP contribution in [0.1, 0.15) is 39.5 Å². The van der Waals surface area contributed by atoms with Gasteiger partial charge in [0.05, 0.1) is 6.10 Å². The second kappa shape index (κ2) is 6.05. The first-order chi connectivity index (χ1) is 7.50. The second-order valence-corrected chi connectivity index (χ2v) is 5.18. The third-order valence-corrected chi connectivity index (χ3v) is 3.44. The molecule has 90 valence electrons. The van der Waals surface area contributed by atoms with Crippen molar-refractivity contribution in [2.75, 3.05) is 0 Å². The lowest BCUT2D eigenvalue weighted by Crippen LogP contribution is -2.13. The molecule has 16 heavy (non-hydrogen) atoms. The predicted octanol–water partition coefficient (Wildman–Crippen LogP) is 3.86. The first-order valence-corrected chi connectivity index (χ1v) is 6.22. The molecule has 0 aliphatic heterocycles. The fraction of sp³-hybridized carbons (Fsp3) is 0.600. The highest BCUT2D eigenvalue weighted by Crippen LogP contribution is 2.25. The largest absolute Gasteiger partial charge is 0.389 e. The molecule has 0 saturated carbocycles. The van der Waals surface area contributed by atoms with Crippen LogP contribution in [0.5, 0.6) is 0 Å². The quantitative estimate of drug-likeness (QED) is 0.665. The highest BCUT2D eigenvalue weighted by Gasteiger charge is 2.15. The van der Waals surface area contributed by atoms with Crippen molar-refractivity contribution < 1.29 is 5.11 Å². The number of aliphatic hydroxyl groups is 1. The summed E-state index contributed by atoms with van der Waals surface area (Å²) in [6.07, 6.45) is 7.69. The van der Waals surface area contributed by atoms with Crippen molar-refractivity contribution in [1.82, 2.24) is 0 Å². The zero-order chi connectivity index (χ0) is 12.1. The van der Waals surface area contributed by atoms with E-state index in [1.807, 2.05) is 0 Å². The SMILES string of the molecule is C=C1/C=C/[C@H](C(C)C)CCC(=C)[C@@H](O)CC1. The van der Waals surface area contributed by atoms with Crippen LogP contribution < -0.4 is 0 Å². The maximum atomic E-state index is 9.88. The number of rotatable bonds is 1. The Kier molecular flexibility index (Phi) is 5.01. The van der Waals surface area contributed by atoms with E-state index in [1.54, 1.807) is 0 Å². The smallest absolute Gasteiger partial charge is 0.0750 e. The molecule has 0 bridgehead atoms. The van der Waals surface area contributed by atoms with Gasteiger partial charge in [0.2, 0.25) is 0 Å². The summed E-state index contributed by atoms with van der Waals surface area (Å²) in [7, 11) is 0. The van der Waals surface area contributed by atoms with Crippen molar-refractivity contribution in [2.45, 2.75) is 45.6 Å². The molecular weight excluding hydrogens is 196 g/mol. The molecule has 0 amide bonds. The summed E-state index contributed by atoms with van der Waals surface area (Å²) in [5.41, 5.74) is 2.09. The van der Waals surface area contributed by atoms with Gasteiger partial charge >= 0.3 is 0 Å². The van der Waals surface area contributed by atoms with Crippen LogP contribution >= 0.6 is 0 Å². The first-order valence-electron chi connectivity index (χ1n) is 6.22. The van der Waals surface area contributed by atoms with Gasteiger partial charge < -0.3 is 5.11 Å². The third kappa shape index (κ3) is 3.97. The topological polar surface area (TPSA) is 20.2 Å². The molecular formula is C15H24O. The standard InChI is InChI=1S/C15H24O/c1-11(2)14-8-5-12(3)6-10-15(16)13(4)7-9-14/h5,8,11,14-16H,3-4,6-7,9-10H2,1-2H3/b8-5+/t14-,15-/m0/s1. The fourth-order valence-corrected chi connectivity index (χ4v) is 2.04. The molecule has 0 spiro atoms. The average molecular weight is 220 g/mol. The lowest BCUT2D eigenvalue weighted by atomic mass is 9.86. The van der Waals surface area contributed by atoms with E-state index in [2.05, 4.69) is 39.2 Å². The minimum atomic E-state index is -0.351. The molecule has 0 aromatic heterocycles. The Bertz CT molecular complexity index is 286. The molecule has 0 fully saturated rings. The van der Waals surface area contributed by atoms with Gasteiger partial charge in [-0.1, -0.05) is 44.7 Å². The van der Waals surface area contributed by atoms with E-state index < -0.39 is 0 Å². The minimum Gasteiger partial charge on any atom is -0.389 e. The van der Waals surface area contributed by atoms with E-state index >= 15 is 0 Å². The van der Waals surface area contributed by atoms with Crippen LogP contribution in [0, 0.1) is 11.8 Å². The van der Waals surface area contributed by atoms with Gasteiger partial charge in [0.1, 0.15) is 0 Å². The predicted molar refractivity (Wildman–Crippen MR) is 70.2 cm³/mol. The van der Waals surface area contributed by atoms with E-state index in [1.165, 1.54) is 0 Å². The van der Waals surface area contributed by atoms with Gasteiger partial charge in [0.15, 0.2) is 0 Å². The van der Waals surface area contributed by atoms with Crippen LogP contribution in [-0.4, -0.2) is 11.2 Å². The Morgan fingerprint density at radius 1 is 1.25 bits per heavy atom. The van der Waals surface area contributed by atoms with Crippen LogP contribution in [0.4, 0.5) is 0 Å². The summed E-state index contributed by atoms with van der Waals surface area (Å²) in [4.78, 5) is 0. The van der Waals surface area contributed by atoms with E-state index in [9.17, 15) is 5.11 Å². The number of allylic oxidation sites excluding steroid dienone is 3. The second-order valence-electron chi connectivity index (χ2n) is 5.18. The molecule has 0 saturated heterocycles. The zero-order valence-corrected chi connectivity index (χ0v) is 10.6. The maximum Gasteiger partial charge on any atom is 0.0750 e. The molecule has 1 aliphatic carbocycles. The summed E-state index contributed by atoms with van der Waals surface area (Å²) in [5, 5.41) is 9.88. The van der Waals surface area contributed by atoms with Gasteiger partial charge in [-0.3, -0.25) is 0 Å². The molecule has 1 heteroatoms. The van der Waals surface area contributed by atoms with Crippen LogP contribution in [0.3, 0.4) is 0 Å². The Morgan fingerprint density at radius 2 is 1.94 bits per heavy atom. The summed E-state index contributed by atoms with van der Waals surface area (Å²) in [5.74, 6) is 1.20. The highest BCUT2D eigenvalue weighted by atomic mass is 16.3. The summed E-state index contributed by atoms with van der Waals surface area (Å²) in [6.45, 7) is 12.5. The van der Waals surface area contributed by atoms with E-state index in [0.29, 0.717) is 11.8 Å². The van der Waals surface area contributed by atoms with Crippen molar-refractivity contribution in [2.24, 2.45) is 11.8 Å². The van der Waals surface area contributed by atoms with Crippen molar-refractivity contribution in [3.8, 4) is 0 Å². The number of hydrogen-bond donors (Lipinski definition) is 1. The number of hydrogen-bond acceptors (Lipinski definition) is 1. The summed E-state index contributed by atoms with van der Waals surface area (Å²) < 4.78 is 0. The highest BCUT2D eigenvalue weighted by molar-refractivity contribution is 5.17. The molecule has 1 aliphatic rings. The Morgan fingerprint density at radius 3 is 2.56 bits per heavy atom. The Labute approximate surface area is 99.6 Å². The van der Waals surface area contributed by atoms with Crippen molar-refractivity contribution in [1.29, 1.82) is 0 Å². The van der Waals surface area contributed by atoms with Gasteiger partial charge in [-0.25, -0.2) is 0 Å². The summed E-state index contributed by atoms with van der Waals surface area (Å²) >= 11 is 0. The molecule has 0 radical (unpaired) electrons. The molecule has 2 atom stereocenters. The van der Waals surface area contributed by atoms with Crippen LogP contribution in [-0.2, 0) is 0 Å². The molecule has 0 unspecified atom stereocenters. The monoisotopic (exact) mass is 220 g/mol. The zero-order valence-electron chi connectivity index (χ0n) is 10.6. The Hall–Kier alpha value is -0.820. The van der Waals surface area contributed by atoms with E-state index in [4.69, 9.17) is 0 Å². The lowest BCUT2D eigenvalue weighted by molar-refractivity contribution is 0.195. The van der Waals surface area contributed by atoms with Crippen molar-refractivity contribution in [3.63, 3.8) is 0 Å². The van der Waals surface area contributed by atoms with Gasteiger partial charge in [-0.15, -0.1) is 0 Å². The van der Waals surface area contributed by atoms with Crippen LogP contribution in [0.2, 0.25) is 0 Å². The van der Waals surface area contributed by atoms with Crippen LogP contribution in [0.25, 0.3) is 0 Å². The molecule has 1 nitrogen and oxygen atoms in total. The molecule has 0 heterocycles. The number of aliphatic hydroxyl groups excluding tert-OH is 1. The molecule has 1 N–H and O–H groups in total. The lowest BCUT2D eigenvalue weighted by Gasteiger charge is -2.21. The molecule has 0 aromatic carbocycles. The normalized spacial score (nSPS) is 30.5. The molecule has 1 rings (SSSR count). The van der Waals surface area contributed by atoms with Gasteiger partial charge in [0, 0.05) is 0 Å². The van der Waals surface area contributed by atoms with Crippen molar-refractivity contribution >= 4 is 0 Å². The van der Waals surface area contributed by atoms with Gasteiger partial charge in [0.25, 0.3) is 0 Å². The van der Waals surface area contributed by atoms with Crippen molar-refractivity contribution in [3.05, 3.63) is 36.5 Å². The third-order valence-electron chi connectivity index (χ3n) is 3.44. The molecule has 0 aromatic rings. The van der Waals surface area contributed by atoms with E-state index in [0.717, 1.165) is 36.8 Å². The van der Waals surface area contributed by atoms with E-state index in [-0.39, 0.29) is 6.10 Å². The Balaban J connectivity index is 2.75. The summed E-state index contributed by atoms with van der Waals surface area (Å²) in [6, 6.07) is 0. The van der Waals surface area contributed by atoms with Gasteiger partial charge in [-0.05, 0) is 43.1 Å². The first kappa shape index (κ1) is 13.2. The minimum absolute atomic E-state index is 0.351. The average Bonchev–Trinajstić information content (AvgIpc) is 2.23. The van der Waals surface area contributed by atoms with Crippen LogP contribution in [0.15, 0.2) is 36.5 Å². The fourth-order valence-electron chi connectivity index (χ4n) is 2.04. The maximum absolute atomic E-state index is 9.88.